The molecule has 0 heterocycles. The Hall–Kier alpha value is -2.89. The predicted molar refractivity (Wildman–Crippen MR) is 90.1 cm³/mol. The van der Waals surface area contributed by atoms with E-state index >= 15 is 0 Å². The largest absolute Gasteiger partial charge is 0.504 e. The molecule has 0 radical (unpaired) electrons. The Kier molecular flexibility index (Phi) is 5.52. The maximum atomic E-state index is 12.3. The molecule has 0 bridgehead atoms. The van der Waals surface area contributed by atoms with Gasteiger partial charge in [0.25, 0.3) is 5.91 Å². The fourth-order valence-corrected chi connectivity index (χ4v) is 2.35. The molecule has 0 saturated carbocycles. The highest BCUT2D eigenvalue weighted by molar-refractivity contribution is 5.95. The molecule has 0 unspecified atom stereocenters. The number of ether oxygens (including phenoxy) is 2. The predicted octanol–water partition coefficient (Wildman–Crippen LogP) is 2.40. The summed E-state index contributed by atoms with van der Waals surface area (Å²) >= 11 is 0. The van der Waals surface area contributed by atoms with Crippen LogP contribution in [0.2, 0.25) is 0 Å². The zero-order chi connectivity index (χ0) is 17.7. The molecule has 0 fully saturated rings. The van der Waals surface area contributed by atoms with Crippen molar-refractivity contribution in [3.63, 3.8) is 0 Å². The highest BCUT2D eigenvalue weighted by Crippen LogP contribution is 2.28. The van der Waals surface area contributed by atoms with Crippen LogP contribution in [-0.4, -0.2) is 36.9 Å². The van der Waals surface area contributed by atoms with Crippen molar-refractivity contribution in [3.05, 3.63) is 47.0 Å². The maximum absolute atomic E-state index is 12.3. The van der Waals surface area contributed by atoms with Crippen LogP contribution >= 0.6 is 0 Å². The molecular weight excluding hydrogens is 310 g/mol. The Labute approximate surface area is 140 Å². The van der Waals surface area contributed by atoms with Crippen LogP contribution in [0.5, 0.6) is 23.0 Å². The van der Waals surface area contributed by atoms with Gasteiger partial charge in [-0.3, -0.25) is 4.79 Å². The van der Waals surface area contributed by atoms with Crippen LogP contribution in [0.15, 0.2) is 30.3 Å². The summed E-state index contributed by atoms with van der Waals surface area (Å²) in [6.45, 7) is 2.23. The summed E-state index contributed by atoms with van der Waals surface area (Å²) in [5.74, 6) is 0.522. The number of aryl methyl sites for hydroxylation is 1. The summed E-state index contributed by atoms with van der Waals surface area (Å²) in [6, 6.07) is 7.97. The average Bonchev–Trinajstić information content (AvgIpc) is 2.58. The number of methoxy groups -OCH3 is 2. The Balaban J connectivity index is 2.02. The minimum absolute atomic E-state index is 0.149. The molecule has 0 atom stereocenters. The zero-order valence-corrected chi connectivity index (χ0v) is 13.9. The van der Waals surface area contributed by atoms with E-state index in [4.69, 9.17) is 9.47 Å². The first-order valence-corrected chi connectivity index (χ1v) is 7.47. The molecule has 0 aliphatic carbocycles. The van der Waals surface area contributed by atoms with E-state index in [1.54, 1.807) is 18.2 Å². The van der Waals surface area contributed by atoms with Crippen LogP contribution in [0.3, 0.4) is 0 Å². The molecule has 2 rings (SSSR count). The first kappa shape index (κ1) is 17.5. The van der Waals surface area contributed by atoms with Crippen molar-refractivity contribution in [3.8, 4) is 23.0 Å². The summed E-state index contributed by atoms with van der Waals surface area (Å²) in [5, 5.41) is 21.8. The first-order chi connectivity index (χ1) is 11.4. The number of benzene rings is 2. The van der Waals surface area contributed by atoms with Crippen molar-refractivity contribution in [1.82, 2.24) is 5.32 Å². The lowest BCUT2D eigenvalue weighted by Gasteiger charge is -2.11. The highest BCUT2D eigenvalue weighted by Gasteiger charge is 2.10. The van der Waals surface area contributed by atoms with E-state index in [0.29, 0.717) is 30.0 Å². The molecule has 0 aromatic heterocycles. The van der Waals surface area contributed by atoms with Crippen LogP contribution in [-0.2, 0) is 6.42 Å². The van der Waals surface area contributed by atoms with E-state index in [2.05, 4.69) is 5.32 Å². The van der Waals surface area contributed by atoms with Gasteiger partial charge in [-0.2, -0.15) is 0 Å². The van der Waals surface area contributed by atoms with Crippen molar-refractivity contribution in [2.75, 3.05) is 20.8 Å². The van der Waals surface area contributed by atoms with Gasteiger partial charge in [0.2, 0.25) is 0 Å². The van der Waals surface area contributed by atoms with Crippen molar-refractivity contribution >= 4 is 5.91 Å². The van der Waals surface area contributed by atoms with E-state index < -0.39 is 0 Å². The third-order valence-corrected chi connectivity index (χ3v) is 3.73. The second kappa shape index (κ2) is 7.59. The van der Waals surface area contributed by atoms with E-state index in [1.807, 2.05) is 6.92 Å². The lowest BCUT2D eigenvalue weighted by Crippen LogP contribution is -2.25. The standard InChI is InChI=1S/C18H21NO5/c1-11-6-16(20)17(21)9-12(11)4-5-19-18(22)13-7-14(23-2)10-15(8-13)24-3/h6-10,20-21H,4-5H2,1-3H3,(H,19,22). The number of carbonyl (C=O) groups excluding carboxylic acids is 1. The van der Waals surface area contributed by atoms with E-state index in [0.717, 1.165) is 11.1 Å². The average molecular weight is 331 g/mol. The van der Waals surface area contributed by atoms with Crippen LogP contribution in [0.25, 0.3) is 0 Å². The van der Waals surface area contributed by atoms with Crippen molar-refractivity contribution in [2.45, 2.75) is 13.3 Å². The molecule has 0 saturated heterocycles. The van der Waals surface area contributed by atoms with Gasteiger partial charge in [0.05, 0.1) is 14.2 Å². The van der Waals surface area contributed by atoms with Crippen LogP contribution < -0.4 is 14.8 Å². The molecule has 1 amide bonds. The summed E-state index contributed by atoms with van der Waals surface area (Å²) in [7, 11) is 3.05. The quantitative estimate of drug-likeness (QED) is 0.708. The van der Waals surface area contributed by atoms with Crippen molar-refractivity contribution < 1.29 is 24.5 Å². The molecule has 0 spiro atoms. The van der Waals surface area contributed by atoms with Crippen LogP contribution in [0.4, 0.5) is 0 Å². The second-order valence-corrected chi connectivity index (χ2v) is 5.37. The van der Waals surface area contributed by atoms with E-state index in [9.17, 15) is 15.0 Å². The fraction of sp³-hybridized carbons (Fsp3) is 0.278. The van der Waals surface area contributed by atoms with Gasteiger partial charge >= 0.3 is 0 Å². The molecule has 0 aliphatic heterocycles. The number of phenols is 2. The third-order valence-electron chi connectivity index (χ3n) is 3.73. The molecule has 6 heteroatoms. The molecule has 3 N–H and O–H groups in total. The number of phenolic OH excluding ortho intramolecular Hbond substituents is 2. The van der Waals surface area contributed by atoms with Crippen LogP contribution in [0, 0.1) is 6.92 Å². The Bertz CT molecular complexity index is 720. The second-order valence-electron chi connectivity index (χ2n) is 5.37. The molecule has 2 aromatic carbocycles. The number of hydrogen-bond donors (Lipinski definition) is 3. The molecular formula is C18H21NO5. The molecule has 128 valence electrons. The zero-order valence-electron chi connectivity index (χ0n) is 13.9. The van der Waals surface area contributed by atoms with Gasteiger partial charge in [0.15, 0.2) is 11.5 Å². The van der Waals surface area contributed by atoms with Gasteiger partial charge in [-0.05, 0) is 48.7 Å². The number of nitrogens with one attached hydrogen (secondary N) is 1. The lowest BCUT2D eigenvalue weighted by atomic mass is 10.0. The minimum Gasteiger partial charge on any atom is -0.504 e. The van der Waals surface area contributed by atoms with Crippen molar-refractivity contribution in [2.24, 2.45) is 0 Å². The summed E-state index contributed by atoms with van der Waals surface area (Å²) in [5.41, 5.74) is 2.15. The van der Waals surface area contributed by atoms with E-state index in [1.165, 1.54) is 26.4 Å². The monoisotopic (exact) mass is 331 g/mol. The fourth-order valence-electron chi connectivity index (χ4n) is 2.35. The lowest BCUT2D eigenvalue weighted by molar-refractivity contribution is 0.0953. The highest BCUT2D eigenvalue weighted by atomic mass is 16.5. The van der Waals surface area contributed by atoms with Gasteiger partial charge in [-0.15, -0.1) is 0 Å². The molecule has 24 heavy (non-hydrogen) atoms. The number of hydrogen-bond acceptors (Lipinski definition) is 5. The third kappa shape index (κ3) is 4.10. The maximum Gasteiger partial charge on any atom is 0.251 e. The number of amides is 1. The molecule has 0 aliphatic rings. The molecule has 6 nitrogen and oxygen atoms in total. The van der Waals surface area contributed by atoms with Gasteiger partial charge in [0, 0.05) is 18.2 Å². The Morgan fingerprint density at radius 1 is 1.00 bits per heavy atom. The Morgan fingerprint density at radius 2 is 1.58 bits per heavy atom. The summed E-state index contributed by atoms with van der Waals surface area (Å²) in [4.78, 5) is 12.3. The van der Waals surface area contributed by atoms with Gasteiger partial charge in [-0.25, -0.2) is 0 Å². The van der Waals surface area contributed by atoms with Crippen molar-refractivity contribution in [1.29, 1.82) is 0 Å². The normalized spacial score (nSPS) is 10.3. The summed E-state index contributed by atoms with van der Waals surface area (Å²) < 4.78 is 10.3. The van der Waals surface area contributed by atoms with E-state index in [-0.39, 0.29) is 17.4 Å². The number of carbonyl (C=O) groups is 1. The van der Waals surface area contributed by atoms with Gasteiger partial charge in [0.1, 0.15) is 11.5 Å². The number of aromatic hydroxyl groups is 2. The summed E-state index contributed by atoms with van der Waals surface area (Å²) in [6.07, 6.45) is 0.534. The smallest absolute Gasteiger partial charge is 0.251 e. The molecule has 2 aromatic rings. The SMILES string of the molecule is COc1cc(OC)cc(C(=O)NCCc2cc(O)c(O)cc2C)c1. The van der Waals surface area contributed by atoms with Gasteiger partial charge < -0.3 is 25.0 Å². The Morgan fingerprint density at radius 3 is 2.17 bits per heavy atom. The van der Waals surface area contributed by atoms with Crippen LogP contribution in [0.1, 0.15) is 21.5 Å². The first-order valence-electron chi connectivity index (χ1n) is 7.47. The minimum atomic E-state index is -0.243. The van der Waals surface area contributed by atoms with Gasteiger partial charge in [-0.1, -0.05) is 0 Å². The number of rotatable bonds is 6. The topological polar surface area (TPSA) is 88.0 Å².